The molecule has 4 N–H and O–H groups in total. The van der Waals surface area contributed by atoms with E-state index in [1.54, 1.807) is 6.07 Å². The average molecular weight is 289 g/mol. The molecule has 0 bridgehead atoms. The molecular formula is C14H23N7. The monoisotopic (exact) mass is 289 g/mol. The highest BCUT2D eigenvalue weighted by molar-refractivity contribution is 5.48. The molecule has 0 atom stereocenters. The number of hydrogen-bond donors (Lipinski definition) is 3. The Hall–Kier alpha value is -2.15. The maximum absolute atomic E-state index is 5.48. The first-order valence-corrected chi connectivity index (χ1v) is 6.89. The van der Waals surface area contributed by atoms with Gasteiger partial charge in [0.2, 0.25) is 0 Å². The highest BCUT2D eigenvalue weighted by Gasteiger charge is 2.19. The number of aromatic nitrogens is 4. The van der Waals surface area contributed by atoms with Gasteiger partial charge in [0.25, 0.3) is 0 Å². The van der Waals surface area contributed by atoms with E-state index in [-0.39, 0.29) is 5.41 Å². The largest absolute Gasteiger partial charge is 0.366 e. The van der Waals surface area contributed by atoms with Crippen molar-refractivity contribution in [3.63, 3.8) is 0 Å². The van der Waals surface area contributed by atoms with Crippen molar-refractivity contribution in [3.05, 3.63) is 29.3 Å². The fourth-order valence-electron chi connectivity index (χ4n) is 1.85. The van der Waals surface area contributed by atoms with Gasteiger partial charge in [-0.3, -0.25) is 4.68 Å². The van der Waals surface area contributed by atoms with E-state index in [2.05, 4.69) is 46.6 Å². The molecule has 0 saturated heterocycles. The van der Waals surface area contributed by atoms with E-state index in [9.17, 15) is 0 Å². The second kappa shape index (κ2) is 5.69. The van der Waals surface area contributed by atoms with Crippen LogP contribution in [-0.2, 0) is 19.0 Å². The quantitative estimate of drug-likeness (QED) is 0.586. The van der Waals surface area contributed by atoms with Crippen LogP contribution in [0.3, 0.4) is 0 Å². The second-order valence-electron chi connectivity index (χ2n) is 6.09. The van der Waals surface area contributed by atoms with Crippen LogP contribution in [0.15, 0.2) is 12.3 Å². The van der Waals surface area contributed by atoms with E-state index in [1.165, 1.54) is 0 Å². The summed E-state index contributed by atoms with van der Waals surface area (Å²) >= 11 is 0. The summed E-state index contributed by atoms with van der Waals surface area (Å²) in [5, 5.41) is 7.53. The molecule has 0 radical (unpaired) electrons. The molecule has 0 aliphatic rings. The van der Waals surface area contributed by atoms with Gasteiger partial charge >= 0.3 is 0 Å². The topological polar surface area (TPSA) is 93.7 Å². The molecule has 0 fully saturated rings. The van der Waals surface area contributed by atoms with Crippen molar-refractivity contribution in [1.82, 2.24) is 19.7 Å². The molecule has 0 aliphatic carbocycles. The van der Waals surface area contributed by atoms with Gasteiger partial charge in [-0.1, -0.05) is 20.8 Å². The molecule has 0 aromatic carbocycles. The van der Waals surface area contributed by atoms with Crippen LogP contribution >= 0.6 is 0 Å². The Morgan fingerprint density at radius 1 is 1.24 bits per heavy atom. The van der Waals surface area contributed by atoms with Crippen molar-refractivity contribution in [2.24, 2.45) is 12.9 Å². The molecule has 0 amide bonds. The molecule has 2 aromatic rings. The molecule has 2 rings (SSSR count). The van der Waals surface area contributed by atoms with Gasteiger partial charge in [0, 0.05) is 36.3 Å². The Kier molecular flexibility index (Phi) is 4.13. The predicted octanol–water partition coefficient (Wildman–Crippen LogP) is 1.71. The number of nitrogens with zero attached hydrogens (tertiary/aromatic N) is 4. The van der Waals surface area contributed by atoms with Gasteiger partial charge in [-0.15, -0.1) is 0 Å². The number of rotatable bonds is 4. The van der Waals surface area contributed by atoms with Crippen molar-refractivity contribution >= 4 is 11.6 Å². The molecule has 0 saturated carbocycles. The predicted molar refractivity (Wildman–Crippen MR) is 83.8 cm³/mol. The Morgan fingerprint density at radius 3 is 2.43 bits per heavy atom. The number of nitrogens with one attached hydrogen (secondary N) is 2. The maximum atomic E-state index is 5.48. The van der Waals surface area contributed by atoms with E-state index in [1.807, 2.05) is 24.9 Å². The van der Waals surface area contributed by atoms with Crippen molar-refractivity contribution in [1.29, 1.82) is 0 Å². The van der Waals surface area contributed by atoms with Crippen LogP contribution < -0.4 is 16.6 Å². The van der Waals surface area contributed by atoms with Gasteiger partial charge in [-0.2, -0.15) is 5.10 Å². The minimum absolute atomic E-state index is 0.145. The second-order valence-corrected chi connectivity index (χ2v) is 6.09. The molecule has 0 spiro atoms. The number of aryl methyl sites for hydroxylation is 1. The molecule has 0 unspecified atom stereocenters. The van der Waals surface area contributed by atoms with Gasteiger partial charge in [0.1, 0.15) is 17.5 Å². The number of hydrogen-bond acceptors (Lipinski definition) is 6. The molecule has 21 heavy (non-hydrogen) atoms. The van der Waals surface area contributed by atoms with Crippen LogP contribution in [0.2, 0.25) is 0 Å². The average Bonchev–Trinajstić information content (AvgIpc) is 2.75. The van der Waals surface area contributed by atoms with Gasteiger partial charge < -0.3 is 10.7 Å². The fourth-order valence-corrected chi connectivity index (χ4v) is 1.85. The van der Waals surface area contributed by atoms with Crippen LogP contribution in [-0.4, -0.2) is 19.7 Å². The Labute approximate surface area is 124 Å². The molecule has 114 valence electrons. The minimum Gasteiger partial charge on any atom is -0.366 e. The highest BCUT2D eigenvalue weighted by atomic mass is 15.3. The molecular weight excluding hydrogens is 266 g/mol. The number of hydrazine groups is 1. The lowest BCUT2D eigenvalue weighted by Gasteiger charge is -2.18. The first-order valence-electron chi connectivity index (χ1n) is 6.89. The Balaban J connectivity index is 2.21. The summed E-state index contributed by atoms with van der Waals surface area (Å²) in [6.45, 7) is 8.90. The van der Waals surface area contributed by atoms with Crippen molar-refractivity contribution < 1.29 is 0 Å². The van der Waals surface area contributed by atoms with Gasteiger partial charge in [0.05, 0.1) is 6.20 Å². The SMILES string of the molecule is Cc1c(CNc2cc(NN)nc(C(C)(C)C)n2)cnn1C. The van der Waals surface area contributed by atoms with Crippen molar-refractivity contribution in [3.8, 4) is 0 Å². The van der Waals surface area contributed by atoms with Crippen molar-refractivity contribution in [2.75, 3.05) is 10.7 Å². The van der Waals surface area contributed by atoms with Gasteiger partial charge in [-0.25, -0.2) is 15.8 Å². The zero-order valence-electron chi connectivity index (χ0n) is 13.2. The van der Waals surface area contributed by atoms with Crippen LogP contribution in [0.5, 0.6) is 0 Å². The van der Waals surface area contributed by atoms with Crippen LogP contribution in [0.1, 0.15) is 37.9 Å². The van der Waals surface area contributed by atoms with E-state index < -0.39 is 0 Å². The smallest absolute Gasteiger partial charge is 0.145 e. The first-order chi connectivity index (χ1) is 9.81. The highest BCUT2D eigenvalue weighted by Crippen LogP contribution is 2.22. The van der Waals surface area contributed by atoms with Gasteiger partial charge in [0.15, 0.2) is 0 Å². The van der Waals surface area contributed by atoms with E-state index in [0.717, 1.165) is 22.9 Å². The summed E-state index contributed by atoms with van der Waals surface area (Å²) in [5.41, 5.74) is 4.70. The third-order valence-corrected chi connectivity index (χ3v) is 3.34. The Bertz CT molecular complexity index is 625. The zero-order valence-corrected chi connectivity index (χ0v) is 13.2. The molecule has 0 aliphatic heterocycles. The molecule has 7 nitrogen and oxygen atoms in total. The van der Waals surface area contributed by atoms with Crippen molar-refractivity contribution in [2.45, 2.75) is 39.7 Å². The van der Waals surface area contributed by atoms with Crippen LogP contribution in [0, 0.1) is 6.92 Å². The lowest BCUT2D eigenvalue weighted by Crippen LogP contribution is -2.20. The van der Waals surface area contributed by atoms with E-state index >= 15 is 0 Å². The zero-order chi connectivity index (χ0) is 15.6. The summed E-state index contributed by atoms with van der Waals surface area (Å²) in [7, 11) is 1.93. The summed E-state index contributed by atoms with van der Waals surface area (Å²) in [4.78, 5) is 8.96. The summed E-state index contributed by atoms with van der Waals surface area (Å²) < 4.78 is 1.85. The maximum Gasteiger partial charge on any atom is 0.145 e. The summed E-state index contributed by atoms with van der Waals surface area (Å²) in [6, 6.07) is 1.79. The van der Waals surface area contributed by atoms with Gasteiger partial charge in [-0.05, 0) is 6.92 Å². The number of anilines is 2. The first kappa shape index (κ1) is 15.2. The van der Waals surface area contributed by atoms with E-state index in [4.69, 9.17) is 5.84 Å². The number of nitrogens with two attached hydrogens (primary N) is 1. The third-order valence-electron chi connectivity index (χ3n) is 3.34. The lowest BCUT2D eigenvalue weighted by atomic mass is 9.96. The van der Waals surface area contributed by atoms with Crippen LogP contribution in [0.4, 0.5) is 11.6 Å². The standard InChI is InChI=1S/C14H23N7/c1-9-10(8-17-21(9)5)7-16-11-6-12(20-15)19-13(18-11)14(2,3)4/h6,8H,7,15H2,1-5H3,(H2,16,18,19,20). The number of nitrogen functional groups attached to an aromatic ring is 1. The molecule has 2 heterocycles. The normalized spacial score (nSPS) is 11.5. The molecule has 7 heteroatoms. The minimum atomic E-state index is -0.145. The summed E-state index contributed by atoms with van der Waals surface area (Å²) in [5.74, 6) is 7.56. The third kappa shape index (κ3) is 3.49. The summed E-state index contributed by atoms with van der Waals surface area (Å²) in [6.07, 6.45) is 1.86. The molecule has 2 aromatic heterocycles. The van der Waals surface area contributed by atoms with Crippen LogP contribution in [0.25, 0.3) is 0 Å². The van der Waals surface area contributed by atoms with E-state index in [0.29, 0.717) is 12.4 Å². The Morgan fingerprint density at radius 2 is 1.90 bits per heavy atom. The fraction of sp³-hybridized carbons (Fsp3) is 0.500. The lowest BCUT2D eigenvalue weighted by molar-refractivity contribution is 0.546.